The average molecular weight is 194 g/mol. The summed E-state index contributed by atoms with van der Waals surface area (Å²) in [6, 6.07) is 0. The van der Waals surface area contributed by atoms with Crippen molar-refractivity contribution in [2.75, 3.05) is 13.1 Å². The number of rotatable bonds is 2. The van der Waals surface area contributed by atoms with Crippen molar-refractivity contribution in [2.45, 2.75) is 38.1 Å². The third-order valence-corrected chi connectivity index (χ3v) is 3.77. The summed E-state index contributed by atoms with van der Waals surface area (Å²) in [5.41, 5.74) is -0.0245. The standard InChI is InChI=1S/C11H18N2O/c1-9-6-11(7-9,13-8-14)10-2-4-12-5-3-10/h9-10,12H,2-7H2,1H3. The number of isocyanates is 1. The molecule has 3 nitrogen and oxygen atoms in total. The topological polar surface area (TPSA) is 41.5 Å². The number of carbonyl (C=O) groups excluding carboxylic acids is 1. The van der Waals surface area contributed by atoms with Gasteiger partial charge in [-0.15, -0.1) is 0 Å². The van der Waals surface area contributed by atoms with Crippen LogP contribution in [0.25, 0.3) is 0 Å². The molecule has 2 aliphatic rings. The van der Waals surface area contributed by atoms with Crippen molar-refractivity contribution >= 4 is 6.08 Å². The predicted molar refractivity (Wildman–Crippen MR) is 54.8 cm³/mol. The fourth-order valence-electron chi connectivity index (χ4n) is 3.11. The Labute approximate surface area is 85.0 Å². The molecule has 0 aromatic carbocycles. The van der Waals surface area contributed by atoms with Gasteiger partial charge in [-0.2, -0.15) is 4.99 Å². The lowest BCUT2D eigenvalue weighted by Crippen LogP contribution is -2.50. The lowest BCUT2D eigenvalue weighted by molar-refractivity contribution is 0.0755. The molecule has 78 valence electrons. The van der Waals surface area contributed by atoms with Gasteiger partial charge in [-0.1, -0.05) is 6.92 Å². The van der Waals surface area contributed by atoms with E-state index in [0.717, 1.165) is 44.7 Å². The Kier molecular flexibility index (Phi) is 2.71. The molecule has 2 fully saturated rings. The second kappa shape index (κ2) is 3.84. The monoisotopic (exact) mass is 194 g/mol. The van der Waals surface area contributed by atoms with Crippen molar-refractivity contribution in [3.63, 3.8) is 0 Å². The zero-order chi connectivity index (χ0) is 10.0. The van der Waals surface area contributed by atoms with E-state index in [1.165, 1.54) is 0 Å². The molecule has 0 aromatic rings. The van der Waals surface area contributed by atoms with Crippen LogP contribution < -0.4 is 5.32 Å². The Bertz CT molecular complexity index is 246. The SMILES string of the molecule is CC1CC(N=C=O)(C2CCNCC2)C1. The van der Waals surface area contributed by atoms with Gasteiger partial charge in [0.25, 0.3) is 0 Å². The van der Waals surface area contributed by atoms with E-state index in [1.54, 1.807) is 6.08 Å². The van der Waals surface area contributed by atoms with Crippen molar-refractivity contribution in [3.05, 3.63) is 0 Å². The second-order valence-corrected chi connectivity index (χ2v) is 4.84. The second-order valence-electron chi connectivity index (χ2n) is 4.84. The highest BCUT2D eigenvalue weighted by atomic mass is 16.1. The van der Waals surface area contributed by atoms with Gasteiger partial charge in [0.15, 0.2) is 0 Å². The van der Waals surface area contributed by atoms with Crippen LogP contribution in [-0.2, 0) is 4.79 Å². The maximum absolute atomic E-state index is 10.5. The third-order valence-electron chi connectivity index (χ3n) is 3.77. The quantitative estimate of drug-likeness (QED) is 0.534. The molecule has 0 aromatic heterocycles. The first kappa shape index (κ1) is 9.88. The molecule has 0 radical (unpaired) electrons. The maximum atomic E-state index is 10.5. The van der Waals surface area contributed by atoms with Crippen LogP contribution in [0.4, 0.5) is 0 Å². The summed E-state index contributed by atoms with van der Waals surface area (Å²) in [5, 5.41) is 3.35. The Hall–Kier alpha value is -0.660. The molecule has 0 amide bonds. The van der Waals surface area contributed by atoms with Crippen LogP contribution >= 0.6 is 0 Å². The summed E-state index contributed by atoms with van der Waals surface area (Å²) >= 11 is 0. The van der Waals surface area contributed by atoms with Gasteiger partial charge >= 0.3 is 0 Å². The zero-order valence-electron chi connectivity index (χ0n) is 8.75. The van der Waals surface area contributed by atoms with Gasteiger partial charge in [0.2, 0.25) is 6.08 Å². The molecule has 14 heavy (non-hydrogen) atoms. The van der Waals surface area contributed by atoms with E-state index in [9.17, 15) is 4.79 Å². The van der Waals surface area contributed by atoms with Gasteiger partial charge in [-0.3, -0.25) is 0 Å². The van der Waals surface area contributed by atoms with E-state index >= 15 is 0 Å². The highest BCUT2D eigenvalue weighted by Crippen LogP contribution is 2.48. The van der Waals surface area contributed by atoms with Gasteiger partial charge in [0.05, 0.1) is 5.54 Å². The van der Waals surface area contributed by atoms with Crippen LogP contribution in [-0.4, -0.2) is 24.7 Å². The van der Waals surface area contributed by atoms with Gasteiger partial charge in [-0.25, -0.2) is 4.79 Å². The summed E-state index contributed by atoms with van der Waals surface area (Å²) in [5.74, 6) is 1.35. The number of aliphatic imine (C=N–C) groups is 1. The largest absolute Gasteiger partial charge is 0.317 e. The Morgan fingerprint density at radius 3 is 2.50 bits per heavy atom. The lowest BCUT2D eigenvalue weighted by atomic mass is 9.61. The normalized spacial score (nSPS) is 38.5. The summed E-state index contributed by atoms with van der Waals surface area (Å²) in [7, 11) is 0. The first-order valence-electron chi connectivity index (χ1n) is 5.56. The molecule has 0 spiro atoms. The van der Waals surface area contributed by atoms with Crippen LogP contribution in [0.3, 0.4) is 0 Å². The van der Waals surface area contributed by atoms with Crippen LogP contribution in [0.5, 0.6) is 0 Å². The molecule has 1 N–H and O–H groups in total. The average Bonchev–Trinajstić information content (AvgIpc) is 2.17. The first-order valence-corrected chi connectivity index (χ1v) is 5.56. The molecule has 2 rings (SSSR count). The Balaban J connectivity index is 2.06. The highest BCUT2D eigenvalue weighted by molar-refractivity contribution is 5.36. The minimum absolute atomic E-state index is 0.0245. The van der Waals surface area contributed by atoms with Crippen molar-refractivity contribution in [1.29, 1.82) is 0 Å². The van der Waals surface area contributed by atoms with E-state index in [2.05, 4.69) is 17.2 Å². The molecule has 1 heterocycles. The fraction of sp³-hybridized carbons (Fsp3) is 0.909. The minimum Gasteiger partial charge on any atom is -0.317 e. The highest BCUT2D eigenvalue weighted by Gasteiger charge is 2.48. The molecule has 3 heteroatoms. The van der Waals surface area contributed by atoms with Gasteiger partial charge in [-0.05, 0) is 50.6 Å². The lowest BCUT2D eigenvalue weighted by Gasteiger charge is -2.48. The van der Waals surface area contributed by atoms with Crippen molar-refractivity contribution in [3.8, 4) is 0 Å². The van der Waals surface area contributed by atoms with Crippen molar-refractivity contribution in [1.82, 2.24) is 5.32 Å². The van der Waals surface area contributed by atoms with Crippen molar-refractivity contribution in [2.24, 2.45) is 16.8 Å². The molecular weight excluding hydrogens is 176 g/mol. The van der Waals surface area contributed by atoms with E-state index in [4.69, 9.17) is 0 Å². The van der Waals surface area contributed by atoms with Crippen LogP contribution in [0.1, 0.15) is 32.6 Å². The van der Waals surface area contributed by atoms with Crippen molar-refractivity contribution < 1.29 is 4.79 Å². The third kappa shape index (κ3) is 1.62. The molecular formula is C11H18N2O. The number of hydrogen-bond acceptors (Lipinski definition) is 3. The molecule has 1 aliphatic carbocycles. The summed E-state index contributed by atoms with van der Waals surface area (Å²) < 4.78 is 0. The van der Waals surface area contributed by atoms with Gasteiger partial charge < -0.3 is 5.32 Å². The smallest absolute Gasteiger partial charge is 0.235 e. The molecule has 0 bridgehead atoms. The van der Waals surface area contributed by atoms with E-state index in [1.807, 2.05) is 0 Å². The summed E-state index contributed by atoms with van der Waals surface area (Å²) in [6.07, 6.45) is 6.29. The number of piperidine rings is 1. The molecule has 1 saturated heterocycles. The number of hydrogen-bond donors (Lipinski definition) is 1. The van der Waals surface area contributed by atoms with Crippen LogP contribution in [0, 0.1) is 11.8 Å². The summed E-state index contributed by atoms with van der Waals surface area (Å²) in [4.78, 5) is 14.6. The summed E-state index contributed by atoms with van der Waals surface area (Å²) in [6.45, 7) is 4.39. The zero-order valence-corrected chi connectivity index (χ0v) is 8.75. The van der Waals surface area contributed by atoms with Gasteiger partial charge in [0.1, 0.15) is 0 Å². The van der Waals surface area contributed by atoms with E-state index in [0.29, 0.717) is 5.92 Å². The Morgan fingerprint density at radius 1 is 1.36 bits per heavy atom. The molecule has 1 aliphatic heterocycles. The maximum Gasteiger partial charge on any atom is 0.235 e. The van der Waals surface area contributed by atoms with Crippen LogP contribution in [0.2, 0.25) is 0 Å². The molecule has 1 saturated carbocycles. The number of nitrogens with zero attached hydrogens (tertiary/aromatic N) is 1. The Morgan fingerprint density at radius 2 is 2.00 bits per heavy atom. The van der Waals surface area contributed by atoms with E-state index < -0.39 is 0 Å². The van der Waals surface area contributed by atoms with Gasteiger partial charge in [0, 0.05) is 0 Å². The predicted octanol–water partition coefficient (Wildman–Crippen LogP) is 1.49. The first-order chi connectivity index (χ1) is 6.77. The number of nitrogens with one attached hydrogen (secondary N) is 1. The minimum atomic E-state index is -0.0245. The van der Waals surface area contributed by atoms with E-state index in [-0.39, 0.29) is 5.54 Å². The molecule has 0 unspecified atom stereocenters. The molecule has 0 atom stereocenters. The fourth-order valence-corrected chi connectivity index (χ4v) is 3.11. The van der Waals surface area contributed by atoms with Crippen LogP contribution in [0.15, 0.2) is 4.99 Å².